The predicted octanol–water partition coefficient (Wildman–Crippen LogP) is 0.250. The zero-order valence-corrected chi connectivity index (χ0v) is 6.22. The van der Waals surface area contributed by atoms with Crippen LogP contribution in [0.2, 0.25) is 0 Å². The van der Waals surface area contributed by atoms with E-state index in [9.17, 15) is 0 Å². The van der Waals surface area contributed by atoms with Crippen LogP contribution < -0.4 is 0 Å². The monoisotopic (exact) mass is 187 g/mol. The molecule has 3 heteroatoms. The summed E-state index contributed by atoms with van der Waals surface area (Å²) in [6.45, 7) is 0. The molecular weight excluding hydrogens is 183 g/mol. The number of hydrogen-bond acceptors (Lipinski definition) is 0. The Morgan fingerprint density at radius 3 is 1.00 bits per heavy atom. The minimum absolute atomic E-state index is 0. The van der Waals surface area contributed by atoms with Gasteiger partial charge in [-0.2, -0.15) is 0 Å². The van der Waals surface area contributed by atoms with Crippen LogP contribution in [0.25, 0.3) is 0 Å². The van der Waals surface area contributed by atoms with E-state index in [0.29, 0.717) is 0 Å². The van der Waals surface area contributed by atoms with Gasteiger partial charge >= 0.3 is 0 Å². The van der Waals surface area contributed by atoms with Crippen molar-refractivity contribution >= 4 is 17.4 Å². The summed E-state index contributed by atoms with van der Waals surface area (Å²) >= 11 is 0. The van der Waals surface area contributed by atoms with E-state index >= 15 is 0 Å². The van der Waals surface area contributed by atoms with Crippen molar-refractivity contribution in [2.24, 2.45) is 0 Å². The molecule has 0 nitrogen and oxygen atoms in total. The standard InChI is InChI=1S/CH4.Al.Nb.V/h1H4;;;. The second-order valence-corrected chi connectivity index (χ2v) is 0. The van der Waals surface area contributed by atoms with Crippen molar-refractivity contribution in [1.82, 2.24) is 0 Å². The largest absolute Gasteiger partial charge is 0.0776 e. The Morgan fingerprint density at radius 1 is 1.00 bits per heavy atom. The van der Waals surface area contributed by atoms with Crippen molar-refractivity contribution < 1.29 is 40.9 Å². The molecule has 0 unspecified atom stereocenters. The Bertz CT molecular complexity index is 8.00. The van der Waals surface area contributed by atoms with Gasteiger partial charge in [0.25, 0.3) is 0 Å². The van der Waals surface area contributed by atoms with Gasteiger partial charge in [0, 0.05) is 58.3 Å². The fourth-order valence-electron chi connectivity index (χ4n) is 0. The minimum atomic E-state index is 0. The molecule has 0 atom stereocenters. The van der Waals surface area contributed by atoms with Crippen LogP contribution >= 0.6 is 0 Å². The van der Waals surface area contributed by atoms with Gasteiger partial charge in [-0.25, -0.2) is 0 Å². The summed E-state index contributed by atoms with van der Waals surface area (Å²) in [6.07, 6.45) is 0. The van der Waals surface area contributed by atoms with Crippen LogP contribution in [-0.2, 0) is 40.9 Å². The summed E-state index contributed by atoms with van der Waals surface area (Å²) in [5, 5.41) is 0. The number of hydrogen-bond donors (Lipinski definition) is 0. The van der Waals surface area contributed by atoms with Gasteiger partial charge in [-0.15, -0.1) is 0 Å². The molecular formula is CH4AlNbV. The molecule has 0 amide bonds. The van der Waals surface area contributed by atoms with E-state index in [1.54, 1.807) is 0 Å². The normalized spacial score (nSPS) is 0. The fourth-order valence-corrected chi connectivity index (χ4v) is 0. The zero-order chi connectivity index (χ0) is 0. The van der Waals surface area contributed by atoms with Gasteiger partial charge in [-0.05, 0) is 0 Å². The van der Waals surface area contributed by atoms with Gasteiger partial charge in [0.05, 0.1) is 0 Å². The molecule has 0 spiro atoms. The van der Waals surface area contributed by atoms with E-state index in [-0.39, 0.29) is 65.7 Å². The van der Waals surface area contributed by atoms with Gasteiger partial charge in [0.15, 0.2) is 0 Å². The first kappa shape index (κ1) is 40.1. The summed E-state index contributed by atoms with van der Waals surface area (Å²) in [7, 11) is 0. The third-order valence-electron chi connectivity index (χ3n) is 0. The van der Waals surface area contributed by atoms with Crippen molar-refractivity contribution in [3.8, 4) is 0 Å². The summed E-state index contributed by atoms with van der Waals surface area (Å²) in [6, 6.07) is 0. The van der Waals surface area contributed by atoms with E-state index in [4.69, 9.17) is 0 Å². The maximum Gasteiger partial charge on any atom is 0 e. The molecule has 0 aromatic rings. The van der Waals surface area contributed by atoms with E-state index in [0.717, 1.165) is 0 Å². The molecule has 0 heterocycles. The molecule has 0 aromatic carbocycles. The maximum absolute atomic E-state index is 0. The van der Waals surface area contributed by atoms with Gasteiger partial charge in [-0.1, -0.05) is 7.43 Å². The molecule has 0 N–H and O–H groups in total. The smallest absolute Gasteiger partial charge is 0 e. The van der Waals surface area contributed by atoms with Crippen molar-refractivity contribution in [2.75, 3.05) is 0 Å². The summed E-state index contributed by atoms with van der Waals surface area (Å²) < 4.78 is 0. The molecule has 0 saturated carbocycles. The Hall–Kier alpha value is 1.86. The Balaban J connectivity index is 0. The van der Waals surface area contributed by atoms with Gasteiger partial charge < -0.3 is 0 Å². The predicted molar refractivity (Wildman–Crippen MR) is 12.5 cm³/mol. The van der Waals surface area contributed by atoms with Crippen molar-refractivity contribution in [3.05, 3.63) is 0 Å². The Labute approximate surface area is 65.3 Å². The third kappa shape index (κ3) is 9.13. The zero-order valence-electron chi connectivity index (χ0n) is 1.47. The van der Waals surface area contributed by atoms with Crippen molar-refractivity contribution in [3.63, 3.8) is 0 Å². The molecule has 0 aromatic heterocycles. The van der Waals surface area contributed by atoms with Crippen LogP contribution in [-0.4, -0.2) is 17.4 Å². The quantitative estimate of drug-likeness (QED) is 0.476. The van der Waals surface area contributed by atoms with Crippen LogP contribution in [0.5, 0.6) is 0 Å². The topological polar surface area (TPSA) is 0 Å². The molecule has 0 aliphatic heterocycles. The van der Waals surface area contributed by atoms with Crippen molar-refractivity contribution in [2.45, 2.75) is 7.43 Å². The summed E-state index contributed by atoms with van der Waals surface area (Å²) in [5.41, 5.74) is 0. The first-order valence-electron chi connectivity index (χ1n) is 0. The van der Waals surface area contributed by atoms with Crippen molar-refractivity contribution in [1.29, 1.82) is 0 Å². The van der Waals surface area contributed by atoms with Gasteiger partial charge in [0.1, 0.15) is 0 Å². The first-order chi connectivity index (χ1) is 0. The Kier molecular flexibility index (Phi) is 210. The molecule has 21 valence electrons. The van der Waals surface area contributed by atoms with Crippen LogP contribution in [0.3, 0.4) is 0 Å². The fraction of sp³-hybridized carbons (Fsp3) is 1.00. The number of rotatable bonds is 0. The van der Waals surface area contributed by atoms with E-state index in [1.165, 1.54) is 0 Å². The third-order valence-corrected chi connectivity index (χ3v) is 0. The second kappa shape index (κ2) is 21.0. The summed E-state index contributed by atoms with van der Waals surface area (Å²) in [4.78, 5) is 0. The molecule has 0 bridgehead atoms. The first-order valence-corrected chi connectivity index (χ1v) is 0. The van der Waals surface area contributed by atoms with E-state index in [2.05, 4.69) is 0 Å². The van der Waals surface area contributed by atoms with Crippen LogP contribution in [0.1, 0.15) is 7.43 Å². The molecule has 0 fully saturated rings. The molecule has 0 rings (SSSR count). The molecule has 0 aliphatic rings. The SMILES string of the molecule is C.[Al].[Nb].[V]. The summed E-state index contributed by atoms with van der Waals surface area (Å²) in [5.74, 6) is 0. The van der Waals surface area contributed by atoms with Gasteiger partial charge in [-0.3, -0.25) is 0 Å². The average molecular weight is 187 g/mol. The molecule has 0 saturated heterocycles. The van der Waals surface area contributed by atoms with E-state index < -0.39 is 0 Å². The van der Waals surface area contributed by atoms with Crippen LogP contribution in [0, 0.1) is 0 Å². The average Bonchev–Trinajstić information content (AvgIpc) is 0. The molecule has 0 aliphatic carbocycles. The minimum Gasteiger partial charge on any atom is -0.0776 e. The Morgan fingerprint density at radius 2 is 1.00 bits per heavy atom. The van der Waals surface area contributed by atoms with Crippen LogP contribution in [0.15, 0.2) is 0 Å². The molecule has 5 radical (unpaired) electrons. The molecule has 4 heavy (non-hydrogen) atoms. The van der Waals surface area contributed by atoms with Crippen LogP contribution in [0.4, 0.5) is 0 Å². The van der Waals surface area contributed by atoms with E-state index in [1.807, 2.05) is 0 Å². The second-order valence-electron chi connectivity index (χ2n) is 0. The maximum atomic E-state index is 0. The van der Waals surface area contributed by atoms with Gasteiger partial charge in [0.2, 0.25) is 0 Å².